The monoisotopic (exact) mass is 393 g/mol. The summed E-state index contributed by atoms with van der Waals surface area (Å²) in [6.45, 7) is 7.90. The number of aromatic nitrogens is 4. The zero-order chi connectivity index (χ0) is 20.7. The van der Waals surface area contributed by atoms with Crippen LogP contribution in [0.1, 0.15) is 34.5 Å². The van der Waals surface area contributed by atoms with E-state index in [4.69, 9.17) is 8.83 Å². The Kier molecular flexibility index (Phi) is 4.50. The fourth-order valence-corrected chi connectivity index (χ4v) is 3.15. The molecule has 0 unspecified atom stereocenters. The second-order valence-electron chi connectivity index (χ2n) is 6.68. The van der Waals surface area contributed by atoms with E-state index < -0.39 is 11.3 Å². The quantitative estimate of drug-likeness (QED) is 0.566. The molecule has 0 atom stereocenters. The van der Waals surface area contributed by atoms with Crippen LogP contribution < -0.4 is 10.7 Å². The molecule has 0 aliphatic heterocycles. The third-order valence-corrected chi connectivity index (χ3v) is 4.56. The first-order valence-corrected chi connectivity index (χ1v) is 9.10. The van der Waals surface area contributed by atoms with Gasteiger partial charge in [0.25, 0.3) is 11.8 Å². The molecule has 0 saturated carbocycles. The highest BCUT2D eigenvalue weighted by atomic mass is 16.4. The van der Waals surface area contributed by atoms with Gasteiger partial charge in [-0.15, -0.1) is 5.10 Å². The summed E-state index contributed by atoms with van der Waals surface area (Å²) in [5, 5.41) is 10.7. The molecule has 0 aromatic carbocycles. The van der Waals surface area contributed by atoms with Crippen molar-refractivity contribution in [2.75, 3.05) is 5.32 Å². The zero-order valence-corrected chi connectivity index (χ0v) is 16.4. The van der Waals surface area contributed by atoms with Gasteiger partial charge in [0, 0.05) is 18.4 Å². The minimum atomic E-state index is -0.630. The van der Waals surface area contributed by atoms with Gasteiger partial charge < -0.3 is 13.4 Å². The molecule has 0 bridgehead atoms. The molecular formula is C20H19N5O4. The summed E-state index contributed by atoms with van der Waals surface area (Å²) in [6, 6.07) is 5.09. The van der Waals surface area contributed by atoms with Crippen LogP contribution in [-0.4, -0.2) is 25.7 Å². The summed E-state index contributed by atoms with van der Waals surface area (Å²) in [5.74, 6) is 0.933. The Morgan fingerprint density at radius 1 is 1.17 bits per heavy atom. The number of fused-ring (bicyclic) bond motifs is 1. The van der Waals surface area contributed by atoms with Crippen LogP contribution in [0.25, 0.3) is 22.5 Å². The van der Waals surface area contributed by atoms with E-state index in [9.17, 15) is 9.59 Å². The minimum absolute atomic E-state index is 0.0277. The maximum Gasteiger partial charge on any atom is 0.322 e. The molecule has 148 valence electrons. The van der Waals surface area contributed by atoms with Crippen molar-refractivity contribution in [3.8, 4) is 11.5 Å². The molecule has 1 amide bonds. The lowest BCUT2D eigenvalue weighted by atomic mass is 10.1. The Labute approximate surface area is 165 Å². The van der Waals surface area contributed by atoms with E-state index in [0.29, 0.717) is 34.7 Å². The van der Waals surface area contributed by atoms with E-state index in [-0.39, 0.29) is 17.5 Å². The van der Waals surface area contributed by atoms with Crippen molar-refractivity contribution in [1.29, 1.82) is 0 Å². The Hall–Kier alpha value is -3.75. The Balaban J connectivity index is 1.68. The van der Waals surface area contributed by atoms with Crippen molar-refractivity contribution in [3.05, 3.63) is 57.4 Å². The molecule has 1 N–H and O–H groups in total. The van der Waals surface area contributed by atoms with Crippen molar-refractivity contribution in [3.63, 3.8) is 0 Å². The van der Waals surface area contributed by atoms with Crippen LogP contribution in [0.3, 0.4) is 0 Å². The average Bonchev–Trinajstić information content (AvgIpc) is 3.27. The van der Waals surface area contributed by atoms with Gasteiger partial charge in [-0.2, -0.15) is 0 Å². The lowest BCUT2D eigenvalue weighted by Gasteiger charge is -2.10. The lowest BCUT2D eigenvalue weighted by molar-refractivity contribution is 0.102. The van der Waals surface area contributed by atoms with E-state index >= 15 is 0 Å². The van der Waals surface area contributed by atoms with E-state index in [1.165, 1.54) is 6.20 Å². The number of pyridine rings is 2. The number of nitrogens with one attached hydrogen (secondary N) is 1. The van der Waals surface area contributed by atoms with Gasteiger partial charge in [0.15, 0.2) is 0 Å². The first-order chi connectivity index (χ1) is 13.9. The highest BCUT2D eigenvalue weighted by molar-refractivity contribution is 6.04. The molecule has 0 fully saturated rings. The molecule has 0 aliphatic rings. The van der Waals surface area contributed by atoms with Crippen molar-refractivity contribution in [2.45, 2.75) is 34.2 Å². The predicted molar refractivity (Wildman–Crippen MR) is 106 cm³/mol. The van der Waals surface area contributed by atoms with Gasteiger partial charge in [-0.3, -0.25) is 14.9 Å². The molecule has 0 aliphatic carbocycles. The Morgan fingerprint density at radius 2 is 1.97 bits per heavy atom. The SMILES string of the molecule is CCn1cc(C(=O)Nc2nnc(-c3cc(C)oc3C)o2)c(=O)c2ccc(C)nc21. The lowest BCUT2D eigenvalue weighted by Crippen LogP contribution is -2.24. The van der Waals surface area contributed by atoms with Crippen molar-refractivity contribution < 1.29 is 13.6 Å². The van der Waals surface area contributed by atoms with Gasteiger partial charge >= 0.3 is 6.01 Å². The van der Waals surface area contributed by atoms with Crippen molar-refractivity contribution >= 4 is 23.0 Å². The van der Waals surface area contributed by atoms with Crippen LogP contribution in [0, 0.1) is 20.8 Å². The molecule has 9 nitrogen and oxygen atoms in total. The van der Waals surface area contributed by atoms with Gasteiger partial charge in [-0.1, -0.05) is 5.10 Å². The highest BCUT2D eigenvalue weighted by Gasteiger charge is 2.20. The zero-order valence-electron chi connectivity index (χ0n) is 16.4. The second kappa shape index (κ2) is 7.01. The topological polar surface area (TPSA) is 116 Å². The number of aryl methyl sites for hydroxylation is 4. The van der Waals surface area contributed by atoms with Crippen molar-refractivity contribution in [1.82, 2.24) is 19.7 Å². The van der Waals surface area contributed by atoms with Gasteiger partial charge in [0.1, 0.15) is 22.7 Å². The molecular weight excluding hydrogens is 374 g/mol. The molecule has 0 saturated heterocycles. The minimum Gasteiger partial charge on any atom is -0.466 e. The number of hydrogen-bond acceptors (Lipinski definition) is 7. The van der Waals surface area contributed by atoms with Gasteiger partial charge in [0.2, 0.25) is 5.43 Å². The van der Waals surface area contributed by atoms with E-state index in [0.717, 1.165) is 5.69 Å². The molecule has 9 heteroatoms. The summed E-state index contributed by atoms with van der Waals surface area (Å²) in [5.41, 5.74) is 1.55. The Bertz CT molecular complexity index is 1300. The average molecular weight is 393 g/mol. The molecule has 4 heterocycles. The van der Waals surface area contributed by atoms with Gasteiger partial charge in [0.05, 0.1) is 10.9 Å². The summed E-state index contributed by atoms with van der Waals surface area (Å²) < 4.78 is 12.7. The number of nitrogens with zero attached hydrogens (tertiary/aromatic N) is 4. The molecule has 29 heavy (non-hydrogen) atoms. The summed E-state index contributed by atoms with van der Waals surface area (Å²) in [7, 11) is 0. The predicted octanol–water partition coefficient (Wildman–Crippen LogP) is 3.24. The number of anilines is 1. The van der Waals surface area contributed by atoms with Crippen LogP contribution in [0.15, 0.2) is 38.0 Å². The fraction of sp³-hybridized carbons (Fsp3) is 0.250. The smallest absolute Gasteiger partial charge is 0.322 e. The third kappa shape index (κ3) is 3.31. The number of hydrogen-bond donors (Lipinski definition) is 1. The number of amides is 1. The first kappa shape index (κ1) is 18.6. The standard InChI is InChI=1S/C20H19N5O4/c1-5-25-9-15(16(26)13-7-6-10(2)21-17(13)25)18(27)22-20-24-23-19(29-20)14-8-11(3)28-12(14)4/h6-9H,5H2,1-4H3,(H,22,24,27). The van der Waals surface area contributed by atoms with E-state index in [1.807, 2.05) is 20.8 Å². The van der Waals surface area contributed by atoms with Crippen LogP contribution >= 0.6 is 0 Å². The number of furan rings is 1. The van der Waals surface area contributed by atoms with Crippen LogP contribution in [0.2, 0.25) is 0 Å². The summed E-state index contributed by atoms with van der Waals surface area (Å²) in [4.78, 5) is 30.0. The molecule has 4 aromatic rings. The number of carbonyl (C=O) groups excluding carboxylic acids is 1. The Morgan fingerprint density at radius 3 is 2.66 bits per heavy atom. The second-order valence-corrected chi connectivity index (χ2v) is 6.68. The number of rotatable bonds is 4. The largest absolute Gasteiger partial charge is 0.466 e. The maximum absolute atomic E-state index is 12.8. The summed E-state index contributed by atoms with van der Waals surface area (Å²) in [6.07, 6.45) is 1.49. The molecule has 0 radical (unpaired) electrons. The van der Waals surface area contributed by atoms with Crippen LogP contribution in [0.4, 0.5) is 6.01 Å². The van der Waals surface area contributed by atoms with Gasteiger partial charge in [-0.25, -0.2) is 4.98 Å². The maximum atomic E-state index is 12.8. The third-order valence-electron chi connectivity index (χ3n) is 4.56. The van der Waals surface area contributed by atoms with E-state index in [1.54, 1.807) is 29.7 Å². The normalized spacial score (nSPS) is 11.2. The van der Waals surface area contributed by atoms with Crippen molar-refractivity contribution in [2.24, 2.45) is 0 Å². The molecule has 4 aromatic heterocycles. The van der Waals surface area contributed by atoms with Crippen LogP contribution in [-0.2, 0) is 6.54 Å². The highest BCUT2D eigenvalue weighted by Crippen LogP contribution is 2.26. The van der Waals surface area contributed by atoms with Crippen LogP contribution in [0.5, 0.6) is 0 Å². The van der Waals surface area contributed by atoms with E-state index in [2.05, 4.69) is 20.5 Å². The molecule has 4 rings (SSSR count). The number of carbonyl (C=O) groups is 1. The summed E-state index contributed by atoms with van der Waals surface area (Å²) >= 11 is 0. The molecule has 0 spiro atoms. The first-order valence-electron chi connectivity index (χ1n) is 9.10. The van der Waals surface area contributed by atoms with Gasteiger partial charge in [-0.05, 0) is 45.9 Å². The fourth-order valence-electron chi connectivity index (χ4n) is 3.15.